The average molecular weight is 337 g/mol. The van der Waals surface area contributed by atoms with Crippen LogP contribution < -0.4 is 11.1 Å². The zero-order chi connectivity index (χ0) is 14.7. The van der Waals surface area contributed by atoms with Crippen LogP contribution in [0.2, 0.25) is 0 Å². The maximum atomic E-state index is 13.2. The molecule has 0 fully saturated rings. The summed E-state index contributed by atoms with van der Waals surface area (Å²) >= 11 is 3.30. The van der Waals surface area contributed by atoms with Gasteiger partial charge in [0.2, 0.25) is 0 Å². The molecule has 2 aromatic rings. The fourth-order valence-electron chi connectivity index (χ4n) is 1.86. The molecule has 0 aromatic heterocycles. The highest BCUT2D eigenvalue weighted by atomic mass is 79.9. The Balaban J connectivity index is 2.17. The number of carbonyl (C=O) groups is 1. The smallest absolute Gasteiger partial charge is 0.253 e. The summed E-state index contributed by atoms with van der Waals surface area (Å²) in [6, 6.07) is 10.9. The van der Waals surface area contributed by atoms with Crippen molar-refractivity contribution >= 4 is 27.5 Å². The Morgan fingerprint density at radius 2 is 2.05 bits per heavy atom. The van der Waals surface area contributed by atoms with Crippen LogP contribution in [0.3, 0.4) is 0 Å². The van der Waals surface area contributed by atoms with E-state index in [-0.39, 0.29) is 17.8 Å². The molecule has 0 spiro atoms. The summed E-state index contributed by atoms with van der Waals surface area (Å²) in [4.78, 5) is 12.2. The number of anilines is 1. The lowest BCUT2D eigenvalue weighted by Crippen LogP contribution is -2.27. The van der Waals surface area contributed by atoms with Gasteiger partial charge >= 0.3 is 0 Å². The van der Waals surface area contributed by atoms with Gasteiger partial charge in [0.05, 0.1) is 11.6 Å². The summed E-state index contributed by atoms with van der Waals surface area (Å²) < 4.78 is 13.9. The normalized spacial score (nSPS) is 11.9. The number of carbonyl (C=O) groups excluding carboxylic acids is 1. The maximum Gasteiger partial charge on any atom is 0.253 e. The largest absolute Gasteiger partial charge is 0.398 e. The molecule has 0 saturated carbocycles. The van der Waals surface area contributed by atoms with Crippen LogP contribution in [0.25, 0.3) is 0 Å². The number of nitrogens with one attached hydrogen (secondary N) is 1. The maximum absolute atomic E-state index is 13.2. The van der Waals surface area contributed by atoms with Crippen LogP contribution in [-0.4, -0.2) is 5.91 Å². The molecule has 104 valence electrons. The zero-order valence-corrected chi connectivity index (χ0v) is 12.4. The van der Waals surface area contributed by atoms with Crippen molar-refractivity contribution in [2.24, 2.45) is 0 Å². The summed E-state index contributed by atoms with van der Waals surface area (Å²) in [5, 5.41) is 2.80. The fraction of sp³-hybridized carbons (Fsp3) is 0.133. The Morgan fingerprint density at radius 1 is 1.30 bits per heavy atom. The average Bonchev–Trinajstić information content (AvgIpc) is 2.41. The Bertz CT molecular complexity index is 646. The number of hydrogen-bond donors (Lipinski definition) is 2. The first-order valence-corrected chi connectivity index (χ1v) is 6.88. The van der Waals surface area contributed by atoms with Crippen molar-refractivity contribution in [3.8, 4) is 0 Å². The van der Waals surface area contributed by atoms with Gasteiger partial charge in [-0.1, -0.05) is 28.1 Å². The third-order valence-electron chi connectivity index (χ3n) is 2.96. The molecule has 0 bridgehead atoms. The van der Waals surface area contributed by atoms with Gasteiger partial charge in [-0.25, -0.2) is 4.39 Å². The molecule has 0 saturated heterocycles. The van der Waals surface area contributed by atoms with Crippen molar-refractivity contribution in [2.75, 3.05) is 5.73 Å². The van der Waals surface area contributed by atoms with E-state index in [0.29, 0.717) is 16.8 Å². The van der Waals surface area contributed by atoms with E-state index >= 15 is 0 Å². The molecule has 0 aliphatic rings. The lowest BCUT2D eigenvalue weighted by Gasteiger charge is -2.15. The molecule has 20 heavy (non-hydrogen) atoms. The van der Waals surface area contributed by atoms with Crippen molar-refractivity contribution in [1.82, 2.24) is 5.32 Å². The zero-order valence-electron chi connectivity index (χ0n) is 10.9. The third kappa shape index (κ3) is 3.36. The van der Waals surface area contributed by atoms with Crippen LogP contribution in [0, 0.1) is 5.82 Å². The van der Waals surface area contributed by atoms with Gasteiger partial charge in [-0.15, -0.1) is 0 Å². The van der Waals surface area contributed by atoms with Crippen molar-refractivity contribution in [3.05, 3.63) is 63.9 Å². The number of benzene rings is 2. The third-order valence-corrected chi connectivity index (χ3v) is 3.45. The molecule has 0 aliphatic carbocycles. The quantitative estimate of drug-likeness (QED) is 0.840. The van der Waals surface area contributed by atoms with E-state index in [9.17, 15) is 9.18 Å². The Kier molecular flexibility index (Phi) is 4.39. The predicted octanol–water partition coefficient (Wildman–Crippen LogP) is 3.66. The number of amides is 1. The molecule has 3 nitrogen and oxygen atoms in total. The van der Waals surface area contributed by atoms with Gasteiger partial charge in [-0.05, 0) is 42.8 Å². The highest BCUT2D eigenvalue weighted by molar-refractivity contribution is 9.10. The molecular formula is C15H14BrFN2O. The monoisotopic (exact) mass is 336 g/mol. The Labute approximate surface area is 125 Å². The van der Waals surface area contributed by atoms with E-state index in [1.54, 1.807) is 37.3 Å². The summed E-state index contributed by atoms with van der Waals surface area (Å²) in [6.07, 6.45) is 0. The van der Waals surface area contributed by atoms with Crippen LogP contribution in [0.5, 0.6) is 0 Å². The standard InChI is InChI=1S/C15H14BrFN2O/c1-9(10-3-2-4-12(17)7-10)19-15(20)13-8-11(16)5-6-14(13)18/h2-9H,18H2,1H3,(H,19,20). The van der Waals surface area contributed by atoms with E-state index in [0.717, 1.165) is 4.47 Å². The van der Waals surface area contributed by atoms with Crippen molar-refractivity contribution in [2.45, 2.75) is 13.0 Å². The van der Waals surface area contributed by atoms with Gasteiger partial charge in [0, 0.05) is 10.2 Å². The van der Waals surface area contributed by atoms with Crippen LogP contribution in [0.1, 0.15) is 28.9 Å². The first-order valence-electron chi connectivity index (χ1n) is 6.08. The molecule has 1 unspecified atom stereocenters. The molecule has 1 atom stereocenters. The topological polar surface area (TPSA) is 55.1 Å². The molecule has 0 aliphatic heterocycles. The van der Waals surface area contributed by atoms with Gasteiger partial charge in [-0.3, -0.25) is 4.79 Å². The number of nitrogens with two attached hydrogens (primary N) is 1. The Hall–Kier alpha value is -1.88. The molecule has 1 amide bonds. The molecule has 0 radical (unpaired) electrons. The van der Waals surface area contributed by atoms with Gasteiger partial charge in [0.15, 0.2) is 0 Å². The molecule has 2 aromatic carbocycles. The lowest BCUT2D eigenvalue weighted by atomic mass is 10.1. The highest BCUT2D eigenvalue weighted by Crippen LogP contribution is 2.20. The van der Waals surface area contributed by atoms with Crippen LogP contribution in [-0.2, 0) is 0 Å². The number of nitrogen functional groups attached to an aromatic ring is 1. The van der Waals surface area contributed by atoms with Gasteiger partial charge in [-0.2, -0.15) is 0 Å². The lowest BCUT2D eigenvalue weighted by molar-refractivity contribution is 0.0940. The highest BCUT2D eigenvalue weighted by Gasteiger charge is 2.14. The first kappa shape index (κ1) is 14.5. The van der Waals surface area contributed by atoms with Crippen LogP contribution in [0.15, 0.2) is 46.9 Å². The van der Waals surface area contributed by atoms with E-state index in [1.165, 1.54) is 12.1 Å². The summed E-state index contributed by atoms with van der Waals surface area (Å²) in [7, 11) is 0. The van der Waals surface area contributed by atoms with Crippen molar-refractivity contribution in [1.29, 1.82) is 0 Å². The summed E-state index contributed by atoms with van der Waals surface area (Å²) in [5.74, 6) is -0.619. The number of rotatable bonds is 3. The minimum atomic E-state index is -0.328. The van der Waals surface area contributed by atoms with Gasteiger partial charge in [0.1, 0.15) is 5.82 Å². The van der Waals surface area contributed by atoms with Crippen LogP contribution >= 0.6 is 15.9 Å². The van der Waals surface area contributed by atoms with Gasteiger partial charge < -0.3 is 11.1 Å². The molecule has 0 heterocycles. The summed E-state index contributed by atoms with van der Waals surface area (Å²) in [6.45, 7) is 1.79. The minimum absolute atomic E-state index is 0.291. The van der Waals surface area contributed by atoms with E-state index in [2.05, 4.69) is 21.2 Å². The van der Waals surface area contributed by atoms with Gasteiger partial charge in [0.25, 0.3) is 5.91 Å². The van der Waals surface area contributed by atoms with E-state index < -0.39 is 0 Å². The SMILES string of the molecule is CC(NC(=O)c1cc(Br)ccc1N)c1cccc(F)c1. The molecule has 5 heteroatoms. The second-order valence-electron chi connectivity index (χ2n) is 4.48. The van der Waals surface area contributed by atoms with E-state index in [4.69, 9.17) is 5.73 Å². The van der Waals surface area contributed by atoms with Crippen molar-refractivity contribution in [3.63, 3.8) is 0 Å². The number of halogens is 2. The molecule has 3 N–H and O–H groups in total. The van der Waals surface area contributed by atoms with Crippen LogP contribution in [0.4, 0.5) is 10.1 Å². The number of hydrogen-bond acceptors (Lipinski definition) is 2. The second-order valence-corrected chi connectivity index (χ2v) is 5.40. The minimum Gasteiger partial charge on any atom is -0.398 e. The fourth-order valence-corrected chi connectivity index (χ4v) is 2.22. The van der Waals surface area contributed by atoms with E-state index in [1.807, 2.05) is 0 Å². The predicted molar refractivity (Wildman–Crippen MR) is 80.8 cm³/mol. The molecule has 2 rings (SSSR count). The summed E-state index contributed by atoms with van der Waals surface area (Å²) in [5.41, 5.74) is 7.28. The first-order chi connectivity index (χ1) is 9.47. The molecular weight excluding hydrogens is 323 g/mol. The Morgan fingerprint density at radius 3 is 2.75 bits per heavy atom. The van der Waals surface area contributed by atoms with Crippen molar-refractivity contribution < 1.29 is 9.18 Å². The second kappa shape index (κ2) is 6.05.